The zero-order chi connectivity index (χ0) is 26.7. The minimum absolute atomic E-state index is 0.121. The molecule has 1 N–H and O–H groups in total. The smallest absolute Gasteiger partial charge is 0.308 e. The number of carbonyl (C=O) groups is 3. The molecule has 1 amide bonds. The summed E-state index contributed by atoms with van der Waals surface area (Å²) in [5.74, 6) is -0.929. The predicted octanol–water partition coefficient (Wildman–Crippen LogP) is 4.26. The van der Waals surface area contributed by atoms with Gasteiger partial charge in [0.25, 0.3) is 11.7 Å². The van der Waals surface area contributed by atoms with Gasteiger partial charge in [-0.15, -0.1) is 0 Å². The summed E-state index contributed by atoms with van der Waals surface area (Å²) in [6.07, 6.45) is 0. The fraction of sp³-hybridized carbons (Fsp3) is 0.179. The summed E-state index contributed by atoms with van der Waals surface area (Å²) < 4.78 is 21.0. The van der Waals surface area contributed by atoms with Crippen molar-refractivity contribution < 1.29 is 38.4 Å². The average molecular weight is 504 g/mol. The quantitative estimate of drug-likeness (QED) is 0.167. The Morgan fingerprint density at radius 1 is 0.811 bits per heavy atom. The third-order valence-corrected chi connectivity index (χ3v) is 5.92. The Labute approximate surface area is 213 Å². The van der Waals surface area contributed by atoms with E-state index in [1.165, 1.54) is 33.2 Å². The fourth-order valence-electron chi connectivity index (χ4n) is 4.18. The molecule has 1 fully saturated rings. The molecule has 1 aliphatic rings. The topological polar surface area (TPSA) is 112 Å². The molecule has 1 unspecified atom stereocenters. The second-order valence-electron chi connectivity index (χ2n) is 8.10. The Kier molecular flexibility index (Phi) is 7.15. The van der Waals surface area contributed by atoms with Crippen LogP contribution < -0.4 is 23.8 Å². The summed E-state index contributed by atoms with van der Waals surface area (Å²) in [4.78, 5) is 39.4. The van der Waals surface area contributed by atoms with Crippen molar-refractivity contribution in [2.24, 2.45) is 0 Å². The van der Waals surface area contributed by atoms with E-state index < -0.39 is 29.5 Å². The summed E-state index contributed by atoms with van der Waals surface area (Å²) in [6, 6.07) is 16.8. The minimum atomic E-state index is -0.980. The van der Waals surface area contributed by atoms with E-state index in [1.807, 2.05) is 0 Å². The number of hydrogen-bond acceptors (Lipinski definition) is 8. The largest absolute Gasteiger partial charge is 0.507 e. The number of hydrogen-bond donors (Lipinski definition) is 1. The Hall–Kier alpha value is -4.79. The van der Waals surface area contributed by atoms with Crippen LogP contribution in [0.3, 0.4) is 0 Å². The number of esters is 1. The first-order valence-corrected chi connectivity index (χ1v) is 11.2. The number of methoxy groups -OCH3 is 3. The van der Waals surface area contributed by atoms with Crippen molar-refractivity contribution in [1.29, 1.82) is 0 Å². The lowest BCUT2D eigenvalue weighted by molar-refractivity contribution is -0.132. The van der Waals surface area contributed by atoms with Gasteiger partial charge in [-0.05, 0) is 54.1 Å². The molecule has 1 atom stereocenters. The van der Waals surface area contributed by atoms with Crippen LogP contribution in [0.1, 0.15) is 24.1 Å². The highest BCUT2D eigenvalue weighted by atomic mass is 16.5. The van der Waals surface area contributed by atoms with E-state index in [0.29, 0.717) is 28.5 Å². The number of nitrogens with zero attached hydrogens (tertiary/aromatic N) is 1. The summed E-state index contributed by atoms with van der Waals surface area (Å²) in [5.41, 5.74) is 1.04. The van der Waals surface area contributed by atoms with Gasteiger partial charge in [-0.25, -0.2) is 0 Å². The first-order valence-electron chi connectivity index (χ1n) is 11.2. The number of ketones is 1. The highest BCUT2D eigenvalue weighted by Gasteiger charge is 2.47. The maximum Gasteiger partial charge on any atom is 0.308 e. The molecule has 1 saturated heterocycles. The maximum atomic E-state index is 13.4. The summed E-state index contributed by atoms with van der Waals surface area (Å²) in [6.45, 7) is 1.29. The summed E-state index contributed by atoms with van der Waals surface area (Å²) >= 11 is 0. The number of aliphatic hydroxyl groups is 1. The van der Waals surface area contributed by atoms with E-state index in [1.54, 1.807) is 66.7 Å². The van der Waals surface area contributed by atoms with Crippen molar-refractivity contribution in [3.8, 4) is 23.0 Å². The van der Waals surface area contributed by atoms with Crippen LogP contribution in [0.2, 0.25) is 0 Å². The molecule has 190 valence electrons. The van der Waals surface area contributed by atoms with Crippen LogP contribution in [-0.2, 0) is 14.4 Å². The van der Waals surface area contributed by atoms with E-state index in [4.69, 9.17) is 18.9 Å². The number of benzene rings is 3. The third kappa shape index (κ3) is 4.84. The SMILES string of the molecule is COc1ccc(N2C(=O)C(=O)/C(=C(\O)c3ccc(OC)cc3OC)C2c2ccc(OC(C)=O)cc2)cc1. The summed E-state index contributed by atoms with van der Waals surface area (Å²) in [7, 11) is 4.44. The lowest BCUT2D eigenvalue weighted by Crippen LogP contribution is -2.29. The Morgan fingerprint density at radius 3 is 1.97 bits per heavy atom. The van der Waals surface area contributed by atoms with Crippen LogP contribution >= 0.6 is 0 Å². The van der Waals surface area contributed by atoms with Gasteiger partial charge in [0, 0.05) is 18.7 Å². The maximum absolute atomic E-state index is 13.4. The monoisotopic (exact) mass is 503 g/mol. The van der Waals surface area contributed by atoms with Crippen LogP contribution in [0.5, 0.6) is 23.0 Å². The molecule has 0 radical (unpaired) electrons. The highest BCUT2D eigenvalue weighted by Crippen LogP contribution is 2.44. The molecule has 9 heteroatoms. The van der Waals surface area contributed by atoms with Gasteiger partial charge in [0.1, 0.15) is 28.8 Å². The number of rotatable bonds is 7. The van der Waals surface area contributed by atoms with Gasteiger partial charge >= 0.3 is 5.97 Å². The van der Waals surface area contributed by atoms with Crippen molar-refractivity contribution >= 4 is 29.1 Å². The zero-order valence-corrected chi connectivity index (χ0v) is 20.7. The number of Topliss-reactive ketones (excluding diaryl/α,β-unsaturated/α-hetero) is 1. The van der Waals surface area contributed by atoms with Gasteiger partial charge in [-0.1, -0.05) is 12.1 Å². The van der Waals surface area contributed by atoms with E-state index in [9.17, 15) is 19.5 Å². The average Bonchev–Trinajstić information content (AvgIpc) is 3.18. The minimum Gasteiger partial charge on any atom is -0.507 e. The Bertz CT molecular complexity index is 1380. The van der Waals surface area contributed by atoms with Crippen LogP contribution in [0.25, 0.3) is 5.76 Å². The lowest BCUT2D eigenvalue weighted by atomic mass is 9.94. The molecule has 0 spiro atoms. The van der Waals surface area contributed by atoms with Crippen LogP contribution in [0, 0.1) is 0 Å². The van der Waals surface area contributed by atoms with Crippen molar-refractivity contribution in [2.45, 2.75) is 13.0 Å². The van der Waals surface area contributed by atoms with Gasteiger partial charge in [0.05, 0.1) is 38.5 Å². The molecular weight excluding hydrogens is 478 g/mol. The van der Waals surface area contributed by atoms with Crippen LogP contribution in [0.4, 0.5) is 5.69 Å². The van der Waals surface area contributed by atoms with Gasteiger partial charge in [-0.2, -0.15) is 0 Å². The number of anilines is 1. The van der Waals surface area contributed by atoms with Crippen LogP contribution in [0.15, 0.2) is 72.3 Å². The third-order valence-electron chi connectivity index (χ3n) is 5.92. The van der Waals surface area contributed by atoms with Gasteiger partial charge in [0.2, 0.25) is 0 Å². The van der Waals surface area contributed by atoms with Gasteiger partial charge in [0.15, 0.2) is 0 Å². The van der Waals surface area contributed by atoms with E-state index in [0.717, 1.165) is 0 Å². The van der Waals surface area contributed by atoms with Gasteiger partial charge in [-0.3, -0.25) is 19.3 Å². The molecule has 0 bridgehead atoms. The molecule has 0 aliphatic carbocycles. The number of carbonyl (C=O) groups excluding carboxylic acids is 3. The molecule has 3 aromatic carbocycles. The van der Waals surface area contributed by atoms with E-state index >= 15 is 0 Å². The molecular formula is C28H25NO8. The van der Waals surface area contributed by atoms with E-state index in [2.05, 4.69) is 0 Å². The molecule has 4 rings (SSSR count). The van der Waals surface area contributed by atoms with Crippen molar-refractivity contribution in [3.63, 3.8) is 0 Å². The van der Waals surface area contributed by atoms with Crippen molar-refractivity contribution in [2.75, 3.05) is 26.2 Å². The molecule has 3 aromatic rings. The normalized spacial score (nSPS) is 16.4. The Morgan fingerprint density at radius 2 is 1.41 bits per heavy atom. The van der Waals surface area contributed by atoms with Crippen molar-refractivity contribution in [3.05, 3.63) is 83.4 Å². The molecule has 1 aliphatic heterocycles. The molecule has 0 aromatic heterocycles. The second kappa shape index (κ2) is 10.4. The summed E-state index contributed by atoms with van der Waals surface area (Å²) in [5, 5.41) is 11.4. The number of aliphatic hydroxyl groups excluding tert-OH is 1. The lowest BCUT2D eigenvalue weighted by Gasteiger charge is -2.26. The molecule has 37 heavy (non-hydrogen) atoms. The number of ether oxygens (including phenoxy) is 4. The van der Waals surface area contributed by atoms with Crippen molar-refractivity contribution in [1.82, 2.24) is 0 Å². The highest BCUT2D eigenvalue weighted by molar-refractivity contribution is 6.51. The van der Waals surface area contributed by atoms with Gasteiger partial charge < -0.3 is 24.1 Å². The predicted molar refractivity (Wildman–Crippen MR) is 135 cm³/mol. The fourth-order valence-corrected chi connectivity index (χ4v) is 4.18. The first kappa shape index (κ1) is 25.3. The Balaban J connectivity index is 1.91. The first-order chi connectivity index (χ1) is 17.8. The second-order valence-corrected chi connectivity index (χ2v) is 8.10. The van der Waals surface area contributed by atoms with Crippen LogP contribution in [-0.4, -0.2) is 44.1 Å². The van der Waals surface area contributed by atoms with E-state index in [-0.39, 0.29) is 16.9 Å². The standard InChI is InChI=1S/C28H25NO8/c1-16(30)37-20-9-5-17(6-10-20)25-24(26(31)22-14-13-21(35-3)15-23(22)36-4)27(32)28(33)29(25)18-7-11-19(34-2)12-8-18/h5-15,25,31H,1-4H3/b26-24-. The molecule has 0 saturated carbocycles. The molecule has 1 heterocycles. The zero-order valence-electron chi connectivity index (χ0n) is 20.7. The number of amides is 1. The molecule has 9 nitrogen and oxygen atoms in total.